The molecule has 2 aliphatic rings. The van der Waals surface area contributed by atoms with Gasteiger partial charge in [0.05, 0.1) is 0 Å². The molecular formula is C16H21NOS. The Bertz CT molecular complexity index is 475. The molecule has 0 spiro atoms. The molecular weight excluding hydrogens is 254 g/mol. The van der Waals surface area contributed by atoms with Crippen molar-refractivity contribution in [2.45, 2.75) is 51.0 Å². The van der Waals surface area contributed by atoms with Crippen LogP contribution < -0.4 is 5.32 Å². The van der Waals surface area contributed by atoms with E-state index in [1.807, 2.05) is 11.3 Å². The van der Waals surface area contributed by atoms with Crippen LogP contribution in [0.1, 0.15) is 43.4 Å². The van der Waals surface area contributed by atoms with Gasteiger partial charge in [-0.15, -0.1) is 11.3 Å². The maximum atomic E-state index is 11.8. The van der Waals surface area contributed by atoms with Gasteiger partial charge in [-0.25, -0.2) is 0 Å². The van der Waals surface area contributed by atoms with Crippen molar-refractivity contribution in [3.05, 3.63) is 33.5 Å². The zero-order valence-electron chi connectivity index (χ0n) is 11.3. The lowest BCUT2D eigenvalue weighted by Crippen LogP contribution is -2.35. The van der Waals surface area contributed by atoms with Crippen LogP contribution in [0.4, 0.5) is 0 Å². The summed E-state index contributed by atoms with van der Waals surface area (Å²) < 4.78 is 0. The van der Waals surface area contributed by atoms with Crippen LogP contribution >= 0.6 is 11.3 Å². The average molecular weight is 275 g/mol. The van der Waals surface area contributed by atoms with Crippen molar-refractivity contribution >= 4 is 17.1 Å². The maximum absolute atomic E-state index is 11.8. The van der Waals surface area contributed by atoms with E-state index >= 15 is 0 Å². The summed E-state index contributed by atoms with van der Waals surface area (Å²) in [6.45, 7) is 1.06. The molecule has 0 aromatic carbocycles. The highest BCUT2D eigenvalue weighted by Gasteiger charge is 2.26. The molecule has 3 rings (SSSR count). The van der Waals surface area contributed by atoms with Crippen molar-refractivity contribution in [1.82, 2.24) is 5.32 Å². The van der Waals surface area contributed by atoms with E-state index in [0.29, 0.717) is 11.8 Å². The second-order valence-electron chi connectivity index (χ2n) is 5.58. The molecule has 0 saturated heterocycles. The Balaban J connectivity index is 1.50. The van der Waals surface area contributed by atoms with Gasteiger partial charge < -0.3 is 5.32 Å². The predicted octanol–water partition coefficient (Wildman–Crippen LogP) is 3.48. The van der Waals surface area contributed by atoms with Gasteiger partial charge in [0.2, 0.25) is 0 Å². The lowest BCUT2D eigenvalue weighted by atomic mass is 9.79. The first-order valence-corrected chi connectivity index (χ1v) is 8.21. The first-order chi connectivity index (χ1) is 9.33. The van der Waals surface area contributed by atoms with Gasteiger partial charge in [-0.05, 0) is 55.5 Å². The first kappa shape index (κ1) is 13.1. The Hall–Kier alpha value is -0.930. The minimum absolute atomic E-state index is 0.429. The number of thiophene rings is 1. The Morgan fingerprint density at radius 3 is 3.11 bits per heavy atom. The highest BCUT2D eigenvalue weighted by molar-refractivity contribution is 7.09. The molecule has 0 aliphatic heterocycles. The smallest absolute Gasteiger partial charge is 0.158 e. The lowest BCUT2D eigenvalue weighted by Gasteiger charge is -2.30. The van der Waals surface area contributed by atoms with Crippen molar-refractivity contribution in [3.63, 3.8) is 0 Å². The predicted molar refractivity (Wildman–Crippen MR) is 79.5 cm³/mol. The van der Waals surface area contributed by atoms with Gasteiger partial charge in [0.15, 0.2) is 5.78 Å². The van der Waals surface area contributed by atoms with Crippen LogP contribution in [-0.2, 0) is 11.2 Å². The number of carbonyl (C=O) groups excluding carboxylic acids is 1. The largest absolute Gasteiger partial charge is 0.313 e. The molecule has 0 fully saturated rings. The van der Waals surface area contributed by atoms with E-state index in [4.69, 9.17) is 0 Å². The number of allylic oxidation sites excluding steroid dienone is 1. The van der Waals surface area contributed by atoms with E-state index < -0.39 is 0 Å². The van der Waals surface area contributed by atoms with Crippen LogP contribution in [0.2, 0.25) is 0 Å². The standard InChI is InChI=1S/C16H21NOS/c18-16-5-1-3-12-11-13(6-7-15(12)16)17-9-8-14-4-2-10-19-14/h2,4,10,13,17H,1,3,5-9,11H2. The Morgan fingerprint density at radius 2 is 2.26 bits per heavy atom. The summed E-state index contributed by atoms with van der Waals surface area (Å²) in [5.74, 6) is 0.429. The fourth-order valence-corrected chi connectivity index (χ4v) is 3.96. The van der Waals surface area contributed by atoms with Gasteiger partial charge >= 0.3 is 0 Å². The van der Waals surface area contributed by atoms with Crippen LogP contribution in [0.15, 0.2) is 28.7 Å². The van der Waals surface area contributed by atoms with Crippen molar-refractivity contribution in [1.29, 1.82) is 0 Å². The normalized spacial score (nSPS) is 23.6. The van der Waals surface area contributed by atoms with Gasteiger partial charge in [0.25, 0.3) is 0 Å². The van der Waals surface area contributed by atoms with Gasteiger partial charge in [-0.1, -0.05) is 11.6 Å². The van der Waals surface area contributed by atoms with Gasteiger partial charge in [-0.3, -0.25) is 4.79 Å². The molecule has 0 radical (unpaired) electrons. The number of hydrogen-bond acceptors (Lipinski definition) is 3. The van der Waals surface area contributed by atoms with Crippen molar-refractivity contribution in [2.24, 2.45) is 0 Å². The summed E-state index contributed by atoms with van der Waals surface area (Å²) in [7, 11) is 0. The van der Waals surface area contributed by atoms with Crippen molar-refractivity contribution < 1.29 is 4.79 Å². The zero-order chi connectivity index (χ0) is 13.1. The molecule has 1 atom stereocenters. The summed E-state index contributed by atoms with van der Waals surface area (Å²) in [6.07, 6.45) is 7.38. The number of carbonyl (C=O) groups is 1. The second kappa shape index (κ2) is 6.02. The Kier molecular flexibility index (Phi) is 4.14. The quantitative estimate of drug-likeness (QED) is 0.911. The topological polar surface area (TPSA) is 29.1 Å². The van der Waals surface area contributed by atoms with E-state index in [0.717, 1.165) is 51.5 Å². The number of Topliss-reactive ketones (excluding diaryl/α,β-unsaturated/α-hetero) is 1. The van der Waals surface area contributed by atoms with Gasteiger partial charge in [0, 0.05) is 23.9 Å². The Labute approximate surface area is 118 Å². The van der Waals surface area contributed by atoms with E-state index in [-0.39, 0.29) is 0 Å². The molecule has 1 N–H and O–H groups in total. The molecule has 102 valence electrons. The van der Waals surface area contributed by atoms with Crippen LogP contribution in [0.5, 0.6) is 0 Å². The summed E-state index contributed by atoms with van der Waals surface area (Å²) in [4.78, 5) is 13.3. The molecule has 1 aromatic rings. The zero-order valence-corrected chi connectivity index (χ0v) is 12.1. The minimum Gasteiger partial charge on any atom is -0.313 e. The highest BCUT2D eigenvalue weighted by atomic mass is 32.1. The molecule has 1 heterocycles. The molecule has 3 heteroatoms. The van der Waals surface area contributed by atoms with Crippen LogP contribution in [0, 0.1) is 0 Å². The first-order valence-electron chi connectivity index (χ1n) is 7.33. The molecule has 19 heavy (non-hydrogen) atoms. The number of hydrogen-bond donors (Lipinski definition) is 1. The average Bonchev–Trinajstić information content (AvgIpc) is 2.92. The summed E-state index contributed by atoms with van der Waals surface area (Å²) in [5.41, 5.74) is 2.64. The molecule has 0 amide bonds. The molecule has 2 nitrogen and oxygen atoms in total. The van der Waals surface area contributed by atoms with E-state index in [1.54, 1.807) is 0 Å². The number of rotatable bonds is 4. The number of ketones is 1. The van der Waals surface area contributed by atoms with E-state index in [2.05, 4.69) is 22.8 Å². The van der Waals surface area contributed by atoms with Crippen LogP contribution in [0.3, 0.4) is 0 Å². The third-order valence-corrected chi connectivity index (χ3v) is 5.20. The van der Waals surface area contributed by atoms with Gasteiger partial charge in [-0.2, -0.15) is 0 Å². The third kappa shape index (κ3) is 3.15. The molecule has 1 aromatic heterocycles. The number of nitrogens with one attached hydrogen (secondary N) is 1. The molecule has 2 aliphatic carbocycles. The molecule has 1 unspecified atom stereocenters. The monoisotopic (exact) mass is 275 g/mol. The fraction of sp³-hybridized carbons (Fsp3) is 0.562. The SMILES string of the molecule is O=C1CCCC2=C1CCC(NCCc1cccs1)C2. The van der Waals surface area contributed by atoms with Crippen LogP contribution in [0.25, 0.3) is 0 Å². The second-order valence-corrected chi connectivity index (χ2v) is 6.61. The highest BCUT2D eigenvalue weighted by Crippen LogP contribution is 2.33. The van der Waals surface area contributed by atoms with Crippen LogP contribution in [-0.4, -0.2) is 18.4 Å². The van der Waals surface area contributed by atoms with Crippen molar-refractivity contribution in [3.8, 4) is 0 Å². The van der Waals surface area contributed by atoms with E-state index in [1.165, 1.54) is 16.0 Å². The molecule has 0 saturated carbocycles. The fourth-order valence-electron chi connectivity index (χ4n) is 3.25. The Morgan fingerprint density at radius 1 is 1.32 bits per heavy atom. The minimum atomic E-state index is 0.429. The van der Waals surface area contributed by atoms with Crippen molar-refractivity contribution in [2.75, 3.05) is 6.54 Å². The summed E-state index contributed by atoms with van der Waals surface area (Å²) >= 11 is 1.83. The molecule has 0 bridgehead atoms. The van der Waals surface area contributed by atoms with E-state index in [9.17, 15) is 4.79 Å². The van der Waals surface area contributed by atoms with Gasteiger partial charge in [0.1, 0.15) is 0 Å². The third-order valence-electron chi connectivity index (χ3n) is 4.27. The maximum Gasteiger partial charge on any atom is 0.158 e. The summed E-state index contributed by atoms with van der Waals surface area (Å²) in [5, 5.41) is 5.81. The lowest BCUT2D eigenvalue weighted by molar-refractivity contribution is -0.116. The summed E-state index contributed by atoms with van der Waals surface area (Å²) in [6, 6.07) is 4.91.